The summed E-state index contributed by atoms with van der Waals surface area (Å²) in [5, 5.41) is 2.16. The first-order chi connectivity index (χ1) is 17.9. The molecule has 3 aromatic carbocycles. The molecule has 1 saturated carbocycles. The molecule has 1 aromatic heterocycles. The van der Waals surface area contributed by atoms with E-state index in [0.717, 1.165) is 46.1 Å². The van der Waals surface area contributed by atoms with Crippen molar-refractivity contribution in [1.82, 2.24) is 4.98 Å². The molecule has 37 heavy (non-hydrogen) atoms. The van der Waals surface area contributed by atoms with Crippen LogP contribution in [-0.4, -0.2) is 16.5 Å². The number of carbonyl (C=O) groups is 1. The van der Waals surface area contributed by atoms with Gasteiger partial charge in [-0.2, -0.15) is 11.8 Å². The van der Waals surface area contributed by atoms with Crippen LogP contribution in [0.1, 0.15) is 71.1 Å². The van der Waals surface area contributed by atoms with E-state index in [1.165, 1.54) is 24.2 Å². The second-order valence-electron chi connectivity index (χ2n) is 10.4. The molecular weight excluding hydrogens is 494 g/mol. The molecule has 5 rings (SSSR count). The van der Waals surface area contributed by atoms with E-state index in [1.54, 1.807) is 6.92 Å². The predicted molar refractivity (Wildman–Crippen MR) is 159 cm³/mol. The molecule has 2 nitrogen and oxygen atoms in total. The zero-order valence-corrected chi connectivity index (χ0v) is 23.0. The van der Waals surface area contributed by atoms with E-state index in [0.29, 0.717) is 15.7 Å². The number of aromatic nitrogens is 1. The van der Waals surface area contributed by atoms with Crippen LogP contribution in [0, 0.1) is 5.41 Å². The molecule has 1 aliphatic rings. The Bertz CT molecular complexity index is 1460. The van der Waals surface area contributed by atoms with Crippen LogP contribution in [0.5, 0.6) is 0 Å². The lowest BCUT2D eigenvalue weighted by Gasteiger charge is -2.20. The number of Topliss-reactive ketones (excluding diaryl/α,β-unsaturated/α-hetero) is 1. The van der Waals surface area contributed by atoms with Gasteiger partial charge in [0.05, 0.1) is 11.2 Å². The third kappa shape index (κ3) is 6.71. The number of hydrogen-bond acceptors (Lipinski definition) is 3. The van der Waals surface area contributed by atoms with Gasteiger partial charge in [0.2, 0.25) is 0 Å². The maximum absolute atomic E-state index is 12.1. The van der Waals surface area contributed by atoms with E-state index in [-0.39, 0.29) is 5.78 Å². The molecule has 0 aliphatic heterocycles. The highest BCUT2D eigenvalue weighted by molar-refractivity contribution is 7.99. The summed E-state index contributed by atoms with van der Waals surface area (Å²) >= 11 is 8.23. The molecule has 0 saturated heterocycles. The zero-order valence-electron chi connectivity index (χ0n) is 21.4. The Kier molecular flexibility index (Phi) is 7.83. The number of ketones is 1. The summed E-state index contributed by atoms with van der Waals surface area (Å²) < 4.78 is 0. The second kappa shape index (κ2) is 11.2. The summed E-state index contributed by atoms with van der Waals surface area (Å²) in [5.74, 6) is 1.32. The van der Waals surface area contributed by atoms with E-state index in [1.807, 2.05) is 42.5 Å². The molecule has 188 valence electrons. The molecule has 4 heteroatoms. The van der Waals surface area contributed by atoms with Gasteiger partial charge in [0.15, 0.2) is 5.78 Å². The topological polar surface area (TPSA) is 30.0 Å². The van der Waals surface area contributed by atoms with Gasteiger partial charge >= 0.3 is 0 Å². The summed E-state index contributed by atoms with van der Waals surface area (Å²) in [6.07, 6.45) is 8.76. The van der Waals surface area contributed by atoms with E-state index in [9.17, 15) is 4.79 Å². The number of thioether (sulfide) groups is 1. The van der Waals surface area contributed by atoms with Crippen molar-refractivity contribution in [2.45, 2.75) is 44.8 Å². The third-order valence-electron chi connectivity index (χ3n) is 7.21. The highest BCUT2D eigenvalue weighted by Gasteiger charge is 2.37. The van der Waals surface area contributed by atoms with Crippen molar-refractivity contribution >= 4 is 52.2 Å². The Labute approximate surface area is 229 Å². The lowest BCUT2D eigenvalue weighted by atomic mass is 9.97. The van der Waals surface area contributed by atoms with Crippen molar-refractivity contribution in [2.24, 2.45) is 5.41 Å². The Morgan fingerprint density at radius 1 is 1.03 bits per heavy atom. The van der Waals surface area contributed by atoms with Crippen LogP contribution in [0.3, 0.4) is 0 Å². The maximum atomic E-state index is 12.1. The molecule has 0 bridgehead atoms. The number of fused-ring (bicyclic) bond motifs is 1. The smallest absolute Gasteiger partial charge is 0.160 e. The quantitative estimate of drug-likeness (QED) is 0.193. The maximum Gasteiger partial charge on any atom is 0.160 e. The summed E-state index contributed by atoms with van der Waals surface area (Å²) in [5.41, 5.74) is 6.81. The predicted octanol–water partition coefficient (Wildman–Crippen LogP) is 9.47. The molecule has 4 aromatic rings. The number of nitrogens with zero attached hydrogens (tertiary/aromatic N) is 1. The molecule has 0 spiro atoms. The molecule has 0 N–H and O–H groups in total. The van der Waals surface area contributed by atoms with Crippen LogP contribution in [0.25, 0.3) is 23.1 Å². The molecule has 1 fully saturated rings. The van der Waals surface area contributed by atoms with Gasteiger partial charge in [-0.15, -0.1) is 0 Å². The fraction of sp³-hybridized carbons (Fsp3) is 0.273. The highest BCUT2D eigenvalue weighted by Crippen LogP contribution is 2.50. The normalized spacial score (nSPS) is 15.2. The van der Waals surface area contributed by atoms with Crippen LogP contribution in [0.2, 0.25) is 5.02 Å². The number of pyridine rings is 1. The van der Waals surface area contributed by atoms with Gasteiger partial charge < -0.3 is 0 Å². The van der Waals surface area contributed by atoms with E-state index < -0.39 is 0 Å². The Morgan fingerprint density at radius 3 is 2.65 bits per heavy atom. The minimum Gasteiger partial charge on any atom is -0.295 e. The minimum absolute atomic E-state index is 0.141. The van der Waals surface area contributed by atoms with E-state index >= 15 is 0 Å². The fourth-order valence-corrected chi connectivity index (χ4v) is 6.30. The Hall–Kier alpha value is -2.88. The summed E-state index contributed by atoms with van der Waals surface area (Å²) in [6, 6.07) is 26.8. The number of halogens is 1. The van der Waals surface area contributed by atoms with Crippen molar-refractivity contribution in [1.29, 1.82) is 0 Å². The summed E-state index contributed by atoms with van der Waals surface area (Å²) in [7, 11) is 0. The number of rotatable bonds is 10. The van der Waals surface area contributed by atoms with Gasteiger partial charge in [-0.3, -0.25) is 4.79 Å². The van der Waals surface area contributed by atoms with E-state index in [2.05, 4.69) is 67.2 Å². The van der Waals surface area contributed by atoms with Crippen molar-refractivity contribution < 1.29 is 4.79 Å². The average Bonchev–Trinajstić information content (AvgIpc) is 3.64. The lowest BCUT2D eigenvalue weighted by molar-refractivity contribution is 0.101. The standard InChI is InChI=1S/C33H32ClNOS/c1-23(36)30-9-4-3-7-25(30)13-17-32(37-22-33(2)18-19-33)27-8-5-6-24(20-27)10-15-29-16-12-26-11-14-28(34)21-31(26)35-29/h3-12,14-16,20-21,32H,13,17-19,22H2,1-2H3/b15-10+/t32-/m1/s1. The number of hydrogen-bond donors (Lipinski definition) is 0. The molecule has 0 unspecified atom stereocenters. The molecule has 1 heterocycles. The largest absolute Gasteiger partial charge is 0.295 e. The molecule has 0 radical (unpaired) electrons. The molecule has 0 amide bonds. The number of carbonyl (C=O) groups excluding carboxylic acids is 1. The van der Waals surface area contributed by atoms with Crippen molar-refractivity contribution in [3.05, 3.63) is 112 Å². The first-order valence-corrected chi connectivity index (χ1v) is 14.4. The zero-order chi connectivity index (χ0) is 25.8. The Morgan fingerprint density at radius 2 is 1.84 bits per heavy atom. The third-order valence-corrected chi connectivity index (χ3v) is 9.22. The van der Waals surface area contributed by atoms with Gasteiger partial charge in [0.1, 0.15) is 0 Å². The van der Waals surface area contributed by atoms with Crippen LogP contribution in [0.15, 0.2) is 78.9 Å². The number of benzene rings is 3. The highest BCUT2D eigenvalue weighted by atomic mass is 35.5. The van der Waals surface area contributed by atoms with Crippen LogP contribution in [-0.2, 0) is 6.42 Å². The van der Waals surface area contributed by atoms with Crippen molar-refractivity contribution in [3.8, 4) is 0 Å². The minimum atomic E-state index is 0.141. The first kappa shape index (κ1) is 25.8. The average molecular weight is 526 g/mol. The molecule has 1 atom stereocenters. The van der Waals surface area contributed by atoms with Crippen LogP contribution in [0.4, 0.5) is 0 Å². The van der Waals surface area contributed by atoms with Crippen molar-refractivity contribution in [3.63, 3.8) is 0 Å². The van der Waals surface area contributed by atoms with Gasteiger partial charge in [-0.25, -0.2) is 4.98 Å². The number of aryl methyl sites for hydroxylation is 1. The monoisotopic (exact) mass is 525 g/mol. The first-order valence-electron chi connectivity index (χ1n) is 12.9. The lowest BCUT2D eigenvalue weighted by Crippen LogP contribution is -2.05. The molecular formula is C33H32ClNOS. The summed E-state index contributed by atoms with van der Waals surface area (Å²) in [6.45, 7) is 4.05. The van der Waals surface area contributed by atoms with Gasteiger partial charge in [0, 0.05) is 21.2 Å². The molecule has 1 aliphatic carbocycles. The second-order valence-corrected chi connectivity index (χ2v) is 12.1. The Balaban J connectivity index is 1.35. The van der Waals surface area contributed by atoms with Crippen LogP contribution >= 0.6 is 23.4 Å². The SMILES string of the molecule is CC(=O)c1ccccc1CC[C@@H](SCC1(C)CC1)c1cccc(/C=C/c2ccc3ccc(Cl)cc3n2)c1. The van der Waals surface area contributed by atoms with Crippen LogP contribution < -0.4 is 0 Å². The van der Waals surface area contributed by atoms with Gasteiger partial charge in [-0.05, 0) is 84.7 Å². The van der Waals surface area contributed by atoms with Crippen molar-refractivity contribution in [2.75, 3.05) is 5.75 Å². The summed E-state index contributed by atoms with van der Waals surface area (Å²) in [4.78, 5) is 16.9. The van der Waals surface area contributed by atoms with E-state index in [4.69, 9.17) is 16.6 Å². The fourth-order valence-electron chi connectivity index (χ4n) is 4.62. The van der Waals surface area contributed by atoms with Gasteiger partial charge in [-0.1, -0.05) is 85.3 Å². The van der Waals surface area contributed by atoms with Gasteiger partial charge in [0.25, 0.3) is 0 Å².